The van der Waals surface area contributed by atoms with Crippen molar-refractivity contribution in [1.29, 1.82) is 0 Å². The van der Waals surface area contributed by atoms with Gasteiger partial charge in [-0.25, -0.2) is 0 Å². The fraction of sp³-hybridized carbons (Fsp3) is 0.250. The largest absolute Gasteiger partial charge is 0.416 e. The van der Waals surface area contributed by atoms with Crippen LogP contribution in [0.3, 0.4) is 0 Å². The average molecular weight is 433 g/mol. The highest BCUT2D eigenvalue weighted by molar-refractivity contribution is 7.99. The minimum Gasteiger partial charge on any atom is -0.325 e. The molecule has 2 heterocycles. The van der Waals surface area contributed by atoms with Gasteiger partial charge < -0.3 is 10.2 Å². The monoisotopic (exact) mass is 433 g/mol. The quantitative estimate of drug-likeness (QED) is 0.601. The molecular formula is C20H18F3N5OS. The van der Waals surface area contributed by atoms with Gasteiger partial charge in [-0.05, 0) is 37.3 Å². The number of nitrogens with one attached hydrogen (secondary N) is 1. The van der Waals surface area contributed by atoms with E-state index in [1.165, 1.54) is 29.5 Å². The van der Waals surface area contributed by atoms with Crippen LogP contribution in [0.4, 0.5) is 30.5 Å². The standard InChI is InChI=1S/C20H18F3N5OS/c1-13-5-7-16(8-6-13)27-9-10-28-18(27)25-26-19(28)30-12-17(29)24-15-4-2-3-14(11-15)20(21,22)23/h2-8,11H,9-10,12H2,1H3,(H,24,29). The van der Waals surface area contributed by atoms with Gasteiger partial charge in [0.2, 0.25) is 11.9 Å². The van der Waals surface area contributed by atoms with Crippen molar-refractivity contribution in [3.8, 4) is 0 Å². The first-order valence-electron chi connectivity index (χ1n) is 9.18. The van der Waals surface area contributed by atoms with Gasteiger partial charge in [0.15, 0.2) is 5.16 Å². The van der Waals surface area contributed by atoms with E-state index in [4.69, 9.17) is 0 Å². The van der Waals surface area contributed by atoms with Crippen molar-refractivity contribution in [2.24, 2.45) is 0 Å². The molecule has 1 amide bonds. The summed E-state index contributed by atoms with van der Waals surface area (Å²) in [7, 11) is 0. The third-order valence-electron chi connectivity index (χ3n) is 4.64. The van der Waals surface area contributed by atoms with E-state index < -0.39 is 17.6 Å². The number of anilines is 3. The molecule has 30 heavy (non-hydrogen) atoms. The van der Waals surface area contributed by atoms with Crippen LogP contribution in [0.2, 0.25) is 0 Å². The van der Waals surface area contributed by atoms with Crippen LogP contribution in [0.1, 0.15) is 11.1 Å². The average Bonchev–Trinajstić information content (AvgIpc) is 3.29. The van der Waals surface area contributed by atoms with E-state index in [-0.39, 0.29) is 11.4 Å². The minimum atomic E-state index is -4.46. The third kappa shape index (κ3) is 4.28. The van der Waals surface area contributed by atoms with Gasteiger partial charge in [-0.2, -0.15) is 13.2 Å². The molecule has 0 radical (unpaired) electrons. The summed E-state index contributed by atoms with van der Waals surface area (Å²) in [4.78, 5) is 14.3. The van der Waals surface area contributed by atoms with Crippen LogP contribution in [0, 0.1) is 6.92 Å². The summed E-state index contributed by atoms with van der Waals surface area (Å²) >= 11 is 1.20. The Bertz CT molecular complexity index is 1070. The van der Waals surface area contributed by atoms with E-state index in [1.54, 1.807) is 0 Å². The number of carbonyl (C=O) groups excluding carboxylic acids is 1. The smallest absolute Gasteiger partial charge is 0.325 e. The zero-order valence-electron chi connectivity index (χ0n) is 16.0. The predicted octanol–water partition coefficient (Wildman–Crippen LogP) is 4.49. The lowest BCUT2D eigenvalue weighted by Gasteiger charge is -2.15. The lowest BCUT2D eigenvalue weighted by atomic mass is 10.2. The van der Waals surface area contributed by atoms with Crippen LogP contribution < -0.4 is 10.2 Å². The minimum absolute atomic E-state index is 0.0128. The second-order valence-corrected chi connectivity index (χ2v) is 7.78. The van der Waals surface area contributed by atoms with Gasteiger partial charge in [-0.1, -0.05) is 35.5 Å². The molecule has 1 aromatic heterocycles. The first-order valence-corrected chi connectivity index (χ1v) is 10.2. The molecule has 4 rings (SSSR count). The van der Waals surface area contributed by atoms with Gasteiger partial charge in [0, 0.05) is 24.5 Å². The van der Waals surface area contributed by atoms with Crippen LogP contribution >= 0.6 is 11.8 Å². The summed E-state index contributed by atoms with van der Waals surface area (Å²) in [6.07, 6.45) is -4.46. The molecule has 0 fully saturated rings. The van der Waals surface area contributed by atoms with Crippen molar-refractivity contribution in [3.63, 3.8) is 0 Å². The number of alkyl halides is 3. The van der Waals surface area contributed by atoms with Gasteiger partial charge >= 0.3 is 6.18 Å². The number of thioether (sulfide) groups is 1. The summed E-state index contributed by atoms with van der Waals surface area (Å²) in [5.74, 6) is 0.309. The van der Waals surface area contributed by atoms with Crippen LogP contribution in [0.25, 0.3) is 0 Å². The van der Waals surface area contributed by atoms with E-state index >= 15 is 0 Å². The number of amides is 1. The molecule has 156 valence electrons. The fourth-order valence-corrected chi connectivity index (χ4v) is 3.91. The number of rotatable bonds is 5. The molecule has 0 saturated heterocycles. The van der Waals surface area contributed by atoms with E-state index in [0.29, 0.717) is 17.6 Å². The molecule has 0 bridgehead atoms. The molecule has 2 aromatic carbocycles. The van der Waals surface area contributed by atoms with Crippen molar-refractivity contribution >= 4 is 35.0 Å². The second kappa shape index (κ2) is 8.02. The number of fused-ring (bicyclic) bond motifs is 1. The summed E-state index contributed by atoms with van der Waals surface area (Å²) < 4.78 is 40.3. The predicted molar refractivity (Wildman–Crippen MR) is 109 cm³/mol. The zero-order valence-corrected chi connectivity index (χ0v) is 16.8. The first kappa shape index (κ1) is 20.3. The lowest BCUT2D eigenvalue weighted by molar-refractivity contribution is -0.137. The van der Waals surface area contributed by atoms with Crippen molar-refractivity contribution in [3.05, 3.63) is 59.7 Å². The maximum Gasteiger partial charge on any atom is 0.416 e. The number of halogens is 3. The zero-order chi connectivity index (χ0) is 21.3. The molecule has 0 atom stereocenters. The Morgan fingerprint density at radius 3 is 2.63 bits per heavy atom. The van der Waals surface area contributed by atoms with Gasteiger partial charge in [0.25, 0.3) is 0 Å². The van der Waals surface area contributed by atoms with Crippen LogP contribution in [0.15, 0.2) is 53.7 Å². The Morgan fingerprint density at radius 2 is 1.90 bits per heavy atom. The van der Waals surface area contributed by atoms with Crippen molar-refractivity contribution in [1.82, 2.24) is 14.8 Å². The maximum absolute atomic E-state index is 12.8. The molecule has 6 nitrogen and oxygen atoms in total. The Hall–Kier alpha value is -3.01. The number of hydrogen-bond donors (Lipinski definition) is 1. The van der Waals surface area contributed by atoms with E-state index in [0.717, 1.165) is 24.4 Å². The van der Waals surface area contributed by atoms with Gasteiger partial charge in [-0.3, -0.25) is 9.36 Å². The van der Waals surface area contributed by atoms with Crippen LogP contribution in [-0.4, -0.2) is 33.0 Å². The molecule has 1 N–H and O–H groups in total. The second-order valence-electron chi connectivity index (χ2n) is 6.84. The highest BCUT2D eigenvalue weighted by atomic mass is 32.2. The third-order valence-corrected chi connectivity index (χ3v) is 5.60. The van der Waals surface area contributed by atoms with E-state index in [2.05, 4.69) is 20.4 Å². The Kier molecular flexibility index (Phi) is 5.42. The Labute approximate surface area is 175 Å². The Balaban J connectivity index is 1.39. The number of nitrogens with zero attached hydrogens (tertiary/aromatic N) is 4. The fourth-order valence-electron chi connectivity index (χ4n) is 3.15. The number of aromatic nitrogens is 3. The lowest BCUT2D eigenvalue weighted by Crippen LogP contribution is -2.15. The van der Waals surface area contributed by atoms with Gasteiger partial charge in [0.1, 0.15) is 0 Å². The number of benzene rings is 2. The van der Waals surface area contributed by atoms with Crippen molar-refractivity contribution < 1.29 is 18.0 Å². The van der Waals surface area contributed by atoms with Crippen LogP contribution in [-0.2, 0) is 17.5 Å². The number of aryl methyl sites for hydroxylation is 1. The van der Waals surface area contributed by atoms with Gasteiger partial charge in [0.05, 0.1) is 11.3 Å². The SMILES string of the molecule is Cc1ccc(N2CCn3c(SCC(=O)Nc4cccc(C(F)(F)F)c4)nnc32)cc1. The van der Waals surface area contributed by atoms with Crippen LogP contribution in [0.5, 0.6) is 0 Å². The molecule has 1 aliphatic heterocycles. The Morgan fingerprint density at radius 1 is 1.13 bits per heavy atom. The van der Waals surface area contributed by atoms with Gasteiger partial charge in [-0.15, -0.1) is 10.2 Å². The summed E-state index contributed by atoms with van der Waals surface area (Å²) in [5, 5.41) is 11.5. The normalized spacial score (nSPS) is 13.4. The molecule has 3 aromatic rings. The topological polar surface area (TPSA) is 63.1 Å². The summed E-state index contributed by atoms with van der Waals surface area (Å²) in [6, 6.07) is 12.7. The summed E-state index contributed by atoms with van der Waals surface area (Å²) in [5.41, 5.74) is 1.49. The van der Waals surface area contributed by atoms with Crippen molar-refractivity contribution in [2.45, 2.75) is 24.8 Å². The maximum atomic E-state index is 12.8. The highest BCUT2D eigenvalue weighted by Gasteiger charge is 2.30. The van der Waals surface area contributed by atoms with E-state index in [1.807, 2.05) is 35.8 Å². The molecular weight excluding hydrogens is 415 g/mol. The highest BCUT2D eigenvalue weighted by Crippen LogP contribution is 2.33. The number of carbonyl (C=O) groups is 1. The molecule has 1 aliphatic rings. The summed E-state index contributed by atoms with van der Waals surface area (Å²) in [6.45, 7) is 3.46. The molecule has 0 unspecified atom stereocenters. The molecule has 0 spiro atoms. The van der Waals surface area contributed by atoms with E-state index in [9.17, 15) is 18.0 Å². The molecule has 10 heteroatoms. The van der Waals surface area contributed by atoms with Crippen molar-refractivity contribution in [2.75, 3.05) is 22.5 Å². The first-order chi connectivity index (χ1) is 14.3. The molecule has 0 aliphatic carbocycles. The molecule has 0 saturated carbocycles. The number of hydrogen-bond acceptors (Lipinski definition) is 5.